The van der Waals surface area contributed by atoms with Gasteiger partial charge in [-0.1, -0.05) is 29.8 Å². The average molecular weight is 571 g/mol. The number of sulfonamides is 1. The van der Waals surface area contributed by atoms with E-state index in [1.807, 2.05) is 0 Å². The van der Waals surface area contributed by atoms with Gasteiger partial charge in [0.05, 0.1) is 29.8 Å². The molecule has 0 bridgehead atoms. The molecule has 3 aromatic rings. The number of rotatable bonds is 6. The summed E-state index contributed by atoms with van der Waals surface area (Å²) in [6.07, 6.45) is 0.554. The molecule has 39 heavy (non-hydrogen) atoms. The van der Waals surface area contributed by atoms with Crippen molar-refractivity contribution in [2.75, 3.05) is 32.1 Å². The van der Waals surface area contributed by atoms with Crippen LogP contribution in [0.1, 0.15) is 17.5 Å². The lowest BCUT2D eigenvalue weighted by Gasteiger charge is -2.41. The fourth-order valence-electron chi connectivity index (χ4n) is 5.52. The number of aliphatic hydroxyl groups is 1. The second-order valence-corrected chi connectivity index (χ2v) is 11.8. The molecule has 10 nitrogen and oxygen atoms in total. The molecule has 2 amide bonds. The van der Waals surface area contributed by atoms with Gasteiger partial charge >= 0.3 is 0 Å². The van der Waals surface area contributed by atoms with Crippen LogP contribution in [0, 0.1) is 0 Å². The first-order chi connectivity index (χ1) is 18.5. The minimum atomic E-state index is -4.41. The van der Waals surface area contributed by atoms with Crippen molar-refractivity contribution in [3.8, 4) is 5.88 Å². The summed E-state index contributed by atoms with van der Waals surface area (Å²) < 4.78 is 34.4. The Kier molecular flexibility index (Phi) is 6.88. The Labute approximate surface area is 231 Å². The molecule has 2 aliphatic heterocycles. The van der Waals surface area contributed by atoms with Gasteiger partial charge in [0.1, 0.15) is 0 Å². The van der Waals surface area contributed by atoms with Gasteiger partial charge in [0, 0.05) is 43.0 Å². The second kappa shape index (κ2) is 9.91. The Morgan fingerprint density at radius 2 is 1.85 bits per heavy atom. The van der Waals surface area contributed by atoms with Gasteiger partial charge < -0.3 is 14.7 Å². The largest absolute Gasteiger partial charge is 0.481 e. The number of likely N-dealkylation sites (tertiary alicyclic amines) is 1. The maximum atomic E-state index is 14.9. The Bertz CT molecular complexity index is 1550. The number of pyridine rings is 1. The van der Waals surface area contributed by atoms with Gasteiger partial charge in [0.2, 0.25) is 11.8 Å². The molecular weight excluding hydrogens is 544 g/mol. The number of aromatic nitrogens is 1. The maximum absolute atomic E-state index is 14.9. The third kappa shape index (κ3) is 4.08. The van der Waals surface area contributed by atoms with Crippen LogP contribution in [0.2, 0.25) is 5.02 Å². The van der Waals surface area contributed by atoms with Gasteiger partial charge in [-0.2, -0.15) is 0 Å². The van der Waals surface area contributed by atoms with Crippen molar-refractivity contribution in [2.24, 2.45) is 0 Å². The van der Waals surface area contributed by atoms with Gasteiger partial charge in [0.25, 0.3) is 15.9 Å². The van der Waals surface area contributed by atoms with Gasteiger partial charge in [0.15, 0.2) is 5.54 Å². The molecule has 0 aliphatic carbocycles. The molecule has 2 aromatic carbocycles. The first kappa shape index (κ1) is 27.1. The number of halogens is 1. The molecule has 0 radical (unpaired) electrons. The number of likely N-dealkylation sites (N-methyl/N-ethyl adjacent to an activating group) is 1. The second-order valence-electron chi connectivity index (χ2n) is 9.61. The number of hydrogen-bond acceptors (Lipinski definition) is 8. The zero-order valence-electron chi connectivity index (χ0n) is 21.5. The summed E-state index contributed by atoms with van der Waals surface area (Å²) >= 11 is 6.45. The molecule has 3 atom stereocenters. The fraction of sp³-hybridized carbons (Fsp3) is 0.296. The van der Waals surface area contributed by atoms with Crippen molar-refractivity contribution in [1.82, 2.24) is 14.8 Å². The minimum absolute atomic E-state index is 0.0377. The number of methoxy groups -OCH3 is 1. The molecule has 1 fully saturated rings. The predicted molar refractivity (Wildman–Crippen MR) is 144 cm³/mol. The SMILES string of the molecule is COc1ncccc1C1(N2C[C@H](O)C[C@H]2C(=O)N(C)C)C(=O)N(S(=O)(=O)c2ccccc2)c2ccc(Cl)cc21. The van der Waals surface area contributed by atoms with E-state index in [0.717, 1.165) is 4.31 Å². The quantitative estimate of drug-likeness (QED) is 0.479. The number of anilines is 1. The highest BCUT2D eigenvalue weighted by Gasteiger charge is 2.64. The normalized spacial score (nSPS) is 23.1. The molecule has 0 spiro atoms. The average Bonchev–Trinajstić information content (AvgIpc) is 3.43. The molecule has 5 rings (SSSR count). The first-order valence-electron chi connectivity index (χ1n) is 12.2. The van der Waals surface area contributed by atoms with E-state index in [4.69, 9.17) is 16.3 Å². The molecule has 1 saturated heterocycles. The number of aliphatic hydroxyl groups excluding tert-OH is 1. The van der Waals surface area contributed by atoms with E-state index in [0.29, 0.717) is 0 Å². The minimum Gasteiger partial charge on any atom is -0.481 e. The van der Waals surface area contributed by atoms with Crippen molar-refractivity contribution in [2.45, 2.75) is 29.0 Å². The van der Waals surface area contributed by atoms with Gasteiger partial charge in [-0.25, -0.2) is 17.7 Å². The standard InChI is InChI=1S/C27H27ClN4O6S/c1-30(2)25(34)23-15-18(33)16-31(23)27(20-10-7-13-29-24(20)38-3)21-14-17(28)11-12-22(21)32(26(27)35)39(36,37)19-8-5-4-6-9-19/h4-14,18,23,33H,15-16H2,1-3H3/t18-,23+,27?/m1/s1. The molecule has 0 saturated carbocycles. The lowest BCUT2D eigenvalue weighted by atomic mass is 9.81. The Morgan fingerprint density at radius 3 is 2.51 bits per heavy atom. The van der Waals surface area contributed by atoms with Crippen molar-refractivity contribution in [3.63, 3.8) is 0 Å². The monoisotopic (exact) mass is 570 g/mol. The van der Waals surface area contributed by atoms with Crippen molar-refractivity contribution in [3.05, 3.63) is 83.0 Å². The smallest absolute Gasteiger partial charge is 0.271 e. The number of benzene rings is 2. The zero-order chi connectivity index (χ0) is 28.1. The van der Waals surface area contributed by atoms with Crippen molar-refractivity contribution < 1.29 is 27.9 Å². The Balaban J connectivity index is 1.88. The number of hydrogen-bond donors (Lipinski definition) is 1. The summed E-state index contributed by atoms with van der Waals surface area (Å²) in [5, 5.41) is 11.1. The summed E-state index contributed by atoms with van der Waals surface area (Å²) in [5.74, 6) is -1.15. The zero-order valence-corrected chi connectivity index (χ0v) is 23.1. The van der Waals surface area contributed by atoms with E-state index in [1.54, 1.807) is 49.3 Å². The van der Waals surface area contributed by atoms with Crippen molar-refractivity contribution >= 4 is 39.1 Å². The van der Waals surface area contributed by atoms with Crippen LogP contribution in [-0.2, 0) is 25.2 Å². The number of amides is 2. The van der Waals surface area contributed by atoms with E-state index in [-0.39, 0.29) is 51.5 Å². The van der Waals surface area contributed by atoms with Gasteiger partial charge in [-0.15, -0.1) is 0 Å². The molecule has 2 aliphatic rings. The molecule has 1 N–H and O–H groups in total. The van der Waals surface area contributed by atoms with Crippen LogP contribution in [0.15, 0.2) is 71.8 Å². The number of β-amino-alcohol motifs (C(OH)–C–C–N with tert-alkyl or cyclic N) is 1. The van der Waals surface area contributed by atoms with Crippen molar-refractivity contribution in [1.29, 1.82) is 0 Å². The number of carbonyl (C=O) groups excluding carboxylic acids is 2. The number of carbonyl (C=O) groups is 2. The molecular formula is C27H27ClN4O6S. The lowest BCUT2D eigenvalue weighted by molar-refractivity contribution is -0.138. The Morgan fingerprint density at radius 1 is 1.13 bits per heavy atom. The van der Waals surface area contributed by atoms with Crippen LogP contribution in [0.4, 0.5) is 5.69 Å². The summed E-state index contributed by atoms with van der Waals surface area (Å²) in [5.41, 5.74) is -1.39. The third-order valence-corrected chi connectivity index (χ3v) is 9.08. The Hall–Kier alpha value is -3.51. The number of ether oxygens (including phenoxy) is 1. The molecule has 204 valence electrons. The van der Waals surface area contributed by atoms with Crippen LogP contribution >= 0.6 is 11.6 Å². The van der Waals surface area contributed by atoms with E-state index in [1.165, 1.54) is 48.5 Å². The fourth-order valence-corrected chi connectivity index (χ4v) is 7.17. The third-order valence-electron chi connectivity index (χ3n) is 7.13. The van der Waals surface area contributed by atoms with Gasteiger partial charge in [-0.05, 0) is 48.9 Å². The summed E-state index contributed by atoms with van der Waals surface area (Å²) in [6.45, 7) is -0.0980. The molecule has 1 unspecified atom stereocenters. The summed E-state index contributed by atoms with van der Waals surface area (Å²) in [7, 11) is 0.130. The molecule has 1 aromatic heterocycles. The van der Waals surface area contributed by atoms with Crippen LogP contribution in [0.25, 0.3) is 0 Å². The topological polar surface area (TPSA) is 120 Å². The van der Waals surface area contributed by atoms with Crippen LogP contribution in [-0.4, -0.2) is 80.0 Å². The van der Waals surface area contributed by atoms with E-state index >= 15 is 0 Å². The lowest BCUT2D eigenvalue weighted by Crippen LogP contribution is -2.59. The summed E-state index contributed by atoms with van der Waals surface area (Å²) in [4.78, 5) is 35.5. The van der Waals surface area contributed by atoms with Crippen LogP contribution < -0.4 is 9.04 Å². The highest BCUT2D eigenvalue weighted by atomic mass is 35.5. The number of nitrogens with zero attached hydrogens (tertiary/aromatic N) is 4. The predicted octanol–water partition coefficient (Wildman–Crippen LogP) is 2.25. The first-order valence-corrected chi connectivity index (χ1v) is 14.0. The number of fused-ring (bicyclic) bond motifs is 1. The van der Waals surface area contributed by atoms with E-state index in [9.17, 15) is 23.1 Å². The molecule has 12 heteroatoms. The molecule has 3 heterocycles. The van der Waals surface area contributed by atoms with Crippen LogP contribution in [0.3, 0.4) is 0 Å². The summed E-state index contributed by atoms with van der Waals surface area (Å²) in [6, 6.07) is 14.3. The van der Waals surface area contributed by atoms with E-state index in [2.05, 4.69) is 4.98 Å². The van der Waals surface area contributed by atoms with Gasteiger partial charge in [-0.3, -0.25) is 14.5 Å². The van der Waals surface area contributed by atoms with E-state index < -0.39 is 33.6 Å². The maximum Gasteiger partial charge on any atom is 0.271 e. The highest BCUT2D eigenvalue weighted by Crippen LogP contribution is 2.54. The highest BCUT2D eigenvalue weighted by molar-refractivity contribution is 7.93. The van der Waals surface area contributed by atoms with Crippen LogP contribution in [0.5, 0.6) is 5.88 Å².